The van der Waals surface area contributed by atoms with Crippen LogP contribution in [0.3, 0.4) is 0 Å². The molecule has 2 aromatic carbocycles. The number of fused-ring (bicyclic) bond motifs is 1. The minimum absolute atomic E-state index is 0.0529. The van der Waals surface area contributed by atoms with E-state index in [1.165, 1.54) is 11.1 Å². The van der Waals surface area contributed by atoms with Gasteiger partial charge in [0.1, 0.15) is 5.82 Å². The first-order chi connectivity index (χ1) is 16.8. The highest BCUT2D eigenvalue weighted by Crippen LogP contribution is 2.32. The van der Waals surface area contributed by atoms with Crippen molar-refractivity contribution in [2.24, 2.45) is 0 Å². The molecule has 0 saturated carbocycles. The van der Waals surface area contributed by atoms with E-state index in [1.54, 1.807) is 13.2 Å². The Morgan fingerprint density at radius 2 is 1.94 bits per heavy atom. The number of benzene rings is 2. The van der Waals surface area contributed by atoms with E-state index in [0.29, 0.717) is 23.7 Å². The summed E-state index contributed by atoms with van der Waals surface area (Å²) < 4.78 is 13.2. The van der Waals surface area contributed by atoms with Gasteiger partial charge >= 0.3 is 0 Å². The number of aryl methyl sites for hydroxylation is 1. The number of aromatic amines is 1. The summed E-state index contributed by atoms with van der Waals surface area (Å²) >= 11 is 0. The van der Waals surface area contributed by atoms with Gasteiger partial charge in [0, 0.05) is 29.5 Å². The fraction of sp³-hybridized carbons (Fsp3) is 0.385. The van der Waals surface area contributed by atoms with E-state index in [9.17, 15) is 4.79 Å². The van der Waals surface area contributed by atoms with Gasteiger partial charge in [0.2, 0.25) is 0 Å². The van der Waals surface area contributed by atoms with Gasteiger partial charge in [0.05, 0.1) is 18.8 Å². The molecule has 2 aromatic heterocycles. The minimum atomic E-state index is -0.183. The van der Waals surface area contributed by atoms with E-state index in [2.05, 4.69) is 42.4 Å². The first-order valence-corrected chi connectivity index (χ1v) is 11.7. The van der Waals surface area contributed by atoms with Gasteiger partial charge in [-0.05, 0) is 70.0 Å². The number of carbonyl (C=O) groups excluding carboxylic acids is 1. The van der Waals surface area contributed by atoms with Gasteiger partial charge in [-0.15, -0.1) is 0 Å². The van der Waals surface area contributed by atoms with Crippen molar-refractivity contribution in [1.82, 2.24) is 30.3 Å². The number of nitrogens with one attached hydrogen (secondary N) is 2. The zero-order chi connectivity index (χ0) is 25.1. The van der Waals surface area contributed by atoms with Crippen LogP contribution in [-0.2, 0) is 11.2 Å². The molecule has 184 valence electrons. The summed E-state index contributed by atoms with van der Waals surface area (Å²) in [7, 11) is 1.57. The monoisotopic (exact) mass is 476 g/mol. The number of carbonyl (C=O) groups is 1. The number of amides is 1. The molecule has 0 atom stereocenters. The van der Waals surface area contributed by atoms with Crippen LogP contribution in [0.15, 0.2) is 36.5 Å². The Kier molecular flexibility index (Phi) is 7.04. The van der Waals surface area contributed by atoms with Crippen LogP contribution in [-0.4, -0.2) is 50.6 Å². The Labute approximate surface area is 204 Å². The lowest BCUT2D eigenvalue weighted by molar-refractivity contribution is -0.123. The van der Waals surface area contributed by atoms with Gasteiger partial charge in [-0.2, -0.15) is 10.2 Å². The smallest absolute Gasteiger partial charge is 0.258 e. The van der Waals surface area contributed by atoms with Gasteiger partial charge < -0.3 is 14.8 Å². The average molecular weight is 477 g/mol. The first kappa shape index (κ1) is 24.3. The van der Waals surface area contributed by atoms with E-state index >= 15 is 0 Å². The quantitative estimate of drug-likeness (QED) is 0.375. The number of hydrogen-bond donors (Lipinski definition) is 2. The van der Waals surface area contributed by atoms with E-state index in [4.69, 9.17) is 19.6 Å². The summed E-state index contributed by atoms with van der Waals surface area (Å²) in [4.78, 5) is 16.8. The number of H-pyrrole nitrogens is 1. The van der Waals surface area contributed by atoms with Crippen molar-refractivity contribution in [1.29, 1.82) is 0 Å². The summed E-state index contributed by atoms with van der Waals surface area (Å²) in [5, 5.41) is 15.9. The third-order valence-electron chi connectivity index (χ3n) is 5.78. The molecule has 4 aromatic rings. The number of hydrogen-bond acceptors (Lipinski definition) is 6. The van der Waals surface area contributed by atoms with Crippen LogP contribution in [0.25, 0.3) is 22.3 Å². The maximum absolute atomic E-state index is 11.9. The molecule has 0 saturated heterocycles. The summed E-state index contributed by atoms with van der Waals surface area (Å²) in [6, 6.07) is 9.85. The molecule has 0 unspecified atom stereocenters. The molecule has 0 bridgehead atoms. The van der Waals surface area contributed by atoms with Gasteiger partial charge in [-0.3, -0.25) is 9.89 Å². The Morgan fingerprint density at radius 3 is 2.66 bits per heavy atom. The number of methoxy groups -OCH3 is 1. The molecular formula is C26H32N6O3. The molecule has 9 heteroatoms. The molecule has 0 aliphatic carbocycles. The molecule has 35 heavy (non-hydrogen) atoms. The van der Waals surface area contributed by atoms with E-state index in [1.807, 2.05) is 42.9 Å². The van der Waals surface area contributed by atoms with Crippen LogP contribution < -0.4 is 14.8 Å². The van der Waals surface area contributed by atoms with Crippen molar-refractivity contribution in [2.45, 2.75) is 53.1 Å². The SMILES string of the molecule is COc1cc(-c2nc(Cc3ccc4[nH]ncc4c3C)n(C(C)C)n2)ccc1OCC(=O)NC(C)C. The average Bonchev–Trinajstić information content (AvgIpc) is 3.47. The zero-order valence-corrected chi connectivity index (χ0v) is 21.0. The number of rotatable bonds is 9. The Bertz CT molecular complexity index is 1340. The second-order valence-electron chi connectivity index (χ2n) is 9.12. The van der Waals surface area contributed by atoms with Crippen molar-refractivity contribution in [2.75, 3.05) is 13.7 Å². The summed E-state index contributed by atoms with van der Waals surface area (Å²) in [6.45, 7) is 10.0. The molecular weight excluding hydrogens is 444 g/mol. The molecule has 0 aliphatic heterocycles. The maximum atomic E-state index is 11.9. The predicted octanol–water partition coefficient (Wildman–Crippen LogP) is 4.21. The van der Waals surface area contributed by atoms with Crippen molar-refractivity contribution >= 4 is 16.8 Å². The fourth-order valence-electron chi connectivity index (χ4n) is 4.01. The second-order valence-corrected chi connectivity index (χ2v) is 9.12. The molecule has 0 radical (unpaired) electrons. The molecule has 0 spiro atoms. The summed E-state index contributed by atoms with van der Waals surface area (Å²) in [5.74, 6) is 2.31. The van der Waals surface area contributed by atoms with Crippen molar-refractivity contribution in [3.8, 4) is 22.9 Å². The first-order valence-electron chi connectivity index (χ1n) is 11.7. The Morgan fingerprint density at radius 1 is 1.14 bits per heavy atom. The fourth-order valence-corrected chi connectivity index (χ4v) is 4.01. The summed E-state index contributed by atoms with van der Waals surface area (Å²) in [6.07, 6.45) is 2.51. The lowest BCUT2D eigenvalue weighted by atomic mass is 10.0. The second kappa shape index (κ2) is 10.2. The molecule has 2 N–H and O–H groups in total. The maximum Gasteiger partial charge on any atom is 0.258 e. The van der Waals surface area contributed by atoms with E-state index in [-0.39, 0.29) is 24.6 Å². The van der Waals surface area contributed by atoms with Crippen LogP contribution in [0.5, 0.6) is 11.5 Å². The lowest BCUT2D eigenvalue weighted by Crippen LogP contribution is -2.34. The normalized spacial score (nSPS) is 11.4. The Balaban J connectivity index is 1.60. The summed E-state index contributed by atoms with van der Waals surface area (Å²) in [5.41, 5.74) is 4.19. The standard InChI is InChI=1S/C26H32N6O3/c1-15(2)28-25(33)14-35-22-10-8-19(11-23(22)34-6)26-29-24(32(31-26)16(3)4)12-18-7-9-21-20(17(18)5)13-27-30-21/h7-11,13,15-16H,12,14H2,1-6H3,(H,27,30)(H,28,33). The molecule has 0 aliphatic rings. The third kappa shape index (κ3) is 5.29. The van der Waals surface area contributed by atoms with Gasteiger partial charge in [-0.1, -0.05) is 6.07 Å². The van der Waals surface area contributed by atoms with Crippen LogP contribution in [0.4, 0.5) is 0 Å². The van der Waals surface area contributed by atoms with Gasteiger partial charge in [-0.25, -0.2) is 9.67 Å². The van der Waals surface area contributed by atoms with Crippen LogP contribution in [0.2, 0.25) is 0 Å². The molecule has 2 heterocycles. The van der Waals surface area contributed by atoms with E-state index in [0.717, 1.165) is 22.3 Å². The Hall–Kier alpha value is -3.88. The highest BCUT2D eigenvalue weighted by Gasteiger charge is 2.18. The number of aromatic nitrogens is 5. The third-order valence-corrected chi connectivity index (χ3v) is 5.78. The highest BCUT2D eigenvalue weighted by molar-refractivity contribution is 5.82. The van der Waals surface area contributed by atoms with Crippen LogP contribution in [0.1, 0.15) is 50.7 Å². The zero-order valence-electron chi connectivity index (χ0n) is 21.0. The van der Waals surface area contributed by atoms with Gasteiger partial charge in [0.15, 0.2) is 23.9 Å². The van der Waals surface area contributed by atoms with Gasteiger partial charge in [0.25, 0.3) is 5.91 Å². The van der Waals surface area contributed by atoms with Crippen molar-refractivity contribution in [3.05, 3.63) is 53.5 Å². The predicted molar refractivity (Wildman–Crippen MR) is 135 cm³/mol. The molecule has 1 amide bonds. The van der Waals surface area contributed by atoms with Crippen LogP contribution in [0, 0.1) is 6.92 Å². The van der Waals surface area contributed by atoms with E-state index < -0.39 is 0 Å². The van der Waals surface area contributed by atoms with Crippen molar-refractivity contribution < 1.29 is 14.3 Å². The molecule has 9 nitrogen and oxygen atoms in total. The van der Waals surface area contributed by atoms with Crippen LogP contribution >= 0.6 is 0 Å². The number of nitrogens with zero attached hydrogens (tertiary/aromatic N) is 4. The largest absolute Gasteiger partial charge is 0.493 e. The minimum Gasteiger partial charge on any atom is -0.493 e. The van der Waals surface area contributed by atoms with Crippen molar-refractivity contribution in [3.63, 3.8) is 0 Å². The topological polar surface area (TPSA) is 107 Å². The number of ether oxygens (including phenoxy) is 2. The molecule has 0 fully saturated rings. The highest BCUT2D eigenvalue weighted by atomic mass is 16.5. The molecule has 4 rings (SSSR count). The lowest BCUT2D eigenvalue weighted by Gasteiger charge is -2.12.